The van der Waals surface area contributed by atoms with E-state index in [9.17, 15) is 0 Å². The molecular formula is C32H21N5. The van der Waals surface area contributed by atoms with Crippen molar-refractivity contribution in [2.24, 2.45) is 20.0 Å². The summed E-state index contributed by atoms with van der Waals surface area (Å²) in [5, 5.41) is 0. The SMILES string of the molecule is Nc1ccc(-c2ccccc2C2=C3C=CC(=N3)C=C3C=CC(=N3)C=C3C=CC(=N3)C=C3C=CC2=N3)cc1. The van der Waals surface area contributed by atoms with Crippen LogP contribution in [0.25, 0.3) is 16.7 Å². The number of hydrogen-bond acceptors (Lipinski definition) is 5. The fraction of sp³-hybridized carbons (Fsp3) is 0. The van der Waals surface area contributed by atoms with Crippen molar-refractivity contribution in [1.82, 2.24) is 0 Å². The molecule has 0 spiro atoms. The van der Waals surface area contributed by atoms with Gasteiger partial charge in [0.25, 0.3) is 0 Å². The molecule has 0 radical (unpaired) electrons. The van der Waals surface area contributed by atoms with Crippen LogP contribution in [0, 0.1) is 0 Å². The Morgan fingerprint density at radius 3 is 1.76 bits per heavy atom. The second kappa shape index (κ2) is 8.50. The largest absolute Gasteiger partial charge is 0.399 e. The first-order valence-electron chi connectivity index (χ1n) is 12.1. The molecule has 0 atom stereocenters. The Morgan fingerprint density at radius 2 is 1.05 bits per heavy atom. The zero-order valence-electron chi connectivity index (χ0n) is 19.8. The standard InChI is InChI=1S/C32H21N5/c33-21-7-5-20(6-8-21)28-3-1-2-4-29(28)32-30-15-13-26(36-30)18-24-11-9-22(34-24)17-23-10-12-25(35-23)19-27-14-16-31(32)37-27/h1-19H,33H2. The van der Waals surface area contributed by atoms with E-state index in [4.69, 9.17) is 25.7 Å². The molecule has 7 rings (SSSR count). The first kappa shape index (κ1) is 21.1. The number of nitrogen functional groups attached to an aromatic ring is 1. The summed E-state index contributed by atoms with van der Waals surface area (Å²) < 4.78 is 0. The Balaban J connectivity index is 1.45. The number of anilines is 1. The van der Waals surface area contributed by atoms with E-state index in [0.29, 0.717) is 0 Å². The van der Waals surface area contributed by atoms with Gasteiger partial charge >= 0.3 is 0 Å². The zero-order valence-corrected chi connectivity index (χ0v) is 19.8. The molecule has 2 N–H and O–H groups in total. The van der Waals surface area contributed by atoms with Crippen LogP contribution in [0.4, 0.5) is 5.69 Å². The molecule has 2 aromatic rings. The Morgan fingerprint density at radius 1 is 0.486 bits per heavy atom. The molecule has 8 bridgehead atoms. The van der Waals surface area contributed by atoms with Gasteiger partial charge < -0.3 is 5.73 Å². The van der Waals surface area contributed by atoms with E-state index in [1.807, 2.05) is 78.9 Å². The van der Waals surface area contributed by atoms with Gasteiger partial charge in [0, 0.05) is 11.3 Å². The molecule has 5 aliphatic heterocycles. The van der Waals surface area contributed by atoms with Gasteiger partial charge in [-0.05, 0) is 95.7 Å². The maximum Gasteiger partial charge on any atom is 0.0738 e. The van der Waals surface area contributed by atoms with Gasteiger partial charge in [-0.15, -0.1) is 0 Å². The highest BCUT2D eigenvalue weighted by molar-refractivity contribution is 6.33. The van der Waals surface area contributed by atoms with Crippen molar-refractivity contribution in [3.63, 3.8) is 0 Å². The van der Waals surface area contributed by atoms with Crippen LogP contribution >= 0.6 is 0 Å². The highest BCUT2D eigenvalue weighted by Crippen LogP contribution is 2.36. The van der Waals surface area contributed by atoms with Crippen LogP contribution in [0.5, 0.6) is 0 Å². The van der Waals surface area contributed by atoms with Crippen LogP contribution < -0.4 is 5.73 Å². The van der Waals surface area contributed by atoms with E-state index in [1.165, 1.54) is 0 Å². The van der Waals surface area contributed by atoms with Crippen LogP contribution in [-0.2, 0) is 0 Å². The first-order valence-corrected chi connectivity index (χ1v) is 12.1. The van der Waals surface area contributed by atoms with Gasteiger partial charge in [-0.25, -0.2) is 20.0 Å². The zero-order chi connectivity index (χ0) is 24.8. The van der Waals surface area contributed by atoms with Gasteiger partial charge in [-0.1, -0.05) is 36.4 Å². The minimum atomic E-state index is 0.737. The van der Waals surface area contributed by atoms with E-state index in [0.717, 1.165) is 73.6 Å². The van der Waals surface area contributed by atoms with Crippen LogP contribution in [0.3, 0.4) is 0 Å². The summed E-state index contributed by atoms with van der Waals surface area (Å²) in [5.41, 5.74) is 17.8. The van der Waals surface area contributed by atoms with E-state index in [-0.39, 0.29) is 0 Å². The summed E-state index contributed by atoms with van der Waals surface area (Å²) in [7, 11) is 0. The molecule has 37 heavy (non-hydrogen) atoms. The lowest BCUT2D eigenvalue weighted by Gasteiger charge is -2.14. The average Bonchev–Trinajstić information content (AvgIpc) is 3.71. The molecule has 5 aliphatic rings. The number of aliphatic imine (C=N–C) groups is 4. The van der Waals surface area contributed by atoms with Gasteiger partial charge in [-0.3, -0.25) is 0 Å². The molecule has 0 saturated heterocycles. The van der Waals surface area contributed by atoms with Crippen molar-refractivity contribution in [1.29, 1.82) is 0 Å². The third kappa shape index (κ3) is 4.02. The van der Waals surface area contributed by atoms with Crippen LogP contribution in [0.2, 0.25) is 0 Å². The van der Waals surface area contributed by atoms with Gasteiger partial charge in [-0.2, -0.15) is 0 Å². The minimum Gasteiger partial charge on any atom is -0.399 e. The molecule has 5 heterocycles. The lowest BCUT2D eigenvalue weighted by molar-refractivity contribution is 1.41. The first-order chi connectivity index (χ1) is 18.2. The average molecular weight is 476 g/mol. The number of rotatable bonds is 2. The minimum absolute atomic E-state index is 0.737. The van der Waals surface area contributed by atoms with Crippen molar-refractivity contribution < 1.29 is 0 Å². The van der Waals surface area contributed by atoms with Crippen molar-refractivity contribution in [3.8, 4) is 11.1 Å². The highest BCUT2D eigenvalue weighted by Gasteiger charge is 2.22. The molecule has 5 nitrogen and oxygen atoms in total. The smallest absolute Gasteiger partial charge is 0.0738 e. The predicted molar refractivity (Wildman–Crippen MR) is 154 cm³/mol. The number of nitrogens with zero attached hydrogens (tertiary/aromatic N) is 4. The Hall–Kier alpha value is -5.16. The number of benzene rings is 2. The summed E-state index contributed by atoms with van der Waals surface area (Å²) in [5.74, 6) is 0. The number of fused-ring (bicyclic) bond motifs is 4. The van der Waals surface area contributed by atoms with Crippen LogP contribution in [-0.4, -0.2) is 22.8 Å². The van der Waals surface area contributed by atoms with E-state index in [2.05, 4.69) is 36.4 Å². The molecule has 0 amide bonds. The molecule has 5 heteroatoms. The third-order valence-corrected chi connectivity index (χ3v) is 6.51. The Kier molecular flexibility index (Phi) is 4.86. The summed E-state index contributed by atoms with van der Waals surface area (Å²) >= 11 is 0. The lowest BCUT2D eigenvalue weighted by atomic mass is 9.90. The topological polar surface area (TPSA) is 75.5 Å². The predicted octanol–water partition coefficient (Wildman–Crippen LogP) is 6.36. The molecular weight excluding hydrogens is 454 g/mol. The Bertz CT molecular complexity index is 1740. The molecule has 174 valence electrons. The quantitative estimate of drug-likeness (QED) is 0.505. The Labute approximate surface area is 214 Å². The van der Waals surface area contributed by atoms with Crippen molar-refractivity contribution in [3.05, 3.63) is 144 Å². The van der Waals surface area contributed by atoms with Gasteiger partial charge in [0.05, 0.1) is 45.6 Å². The van der Waals surface area contributed by atoms with Crippen molar-refractivity contribution in [2.75, 3.05) is 5.73 Å². The molecule has 0 fully saturated rings. The van der Waals surface area contributed by atoms with E-state index >= 15 is 0 Å². The second-order valence-electron chi connectivity index (χ2n) is 9.08. The van der Waals surface area contributed by atoms with Crippen molar-refractivity contribution in [2.45, 2.75) is 0 Å². The molecule has 0 aliphatic carbocycles. The monoisotopic (exact) mass is 475 g/mol. The molecule has 0 saturated carbocycles. The summed E-state index contributed by atoms with van der Waals surface area (Å²) in [6, 6.07) is 16.3. The second-order valence-corrected chi connectivity index (χ2v) is 9.08. The summed E-state index contributed by atoms with van der Waals surface area (Å²) in [4.78, 5) is 19.5. The summed E-state index contributed by atoms with van der Waals surface area (Å²) in [6.45, 7) is 0. The van der Waals surface area contributed by atoms with E-state index in [1.54, 1.807) is 0 Å². The van der Waals surface area contributed by atoms with Crippen molar-refractivity contribution >= 4 is 34.1 Å². The fourth-order valence-electron chi connectivity index (χ4n) is 4.78. The number of hydrogen-bond donors (Lipinski definition) is 1. The molecule has 0 aromatic heterocycles. The van der Waals surface area contributed by atoms with Gasteiger partial charge in [0.15, 0.2) is 0 Å². The molecule has 2 aromatic carbocycles. The van der Waals surface area contributed by atoms with Gasteiger partial charge in [0.2, 0.25) is 0 Å². The number of nitrogens with two attached hydrogens (primary N) is 1. The lowest BCUT2D eigenvalue weighted by Crippen LogP contribution is -2.02. The fourth-order valence-corrected chi connectivity index (χ4v) is 4.78. The maximum absolute atomic E-state index is 5.97. The maximum atomic E-state index is 5.97. The van der Waals surface area contributed by atoms with Gasteiger partial charge in [0.1, 0.15) is 0 Å². The number of allylic oxidation sites excluding steroid dienone is 12. The normalized spacial score (nSPS) is 19.0. The highest BCUT2D eigenvalue weighted by atomic mass is 14.8. The summed E-state index contributed by atoms with van der Waals surface area (Å²) in [6.07, 6.45) is 22.1. The molecule has 0 unspecified atom stereocenters. The van der Waals surface area contributed by atoms with E-state index < -0.39 is 0 Å². The third-order valence-electron chi connectivity index (χ3n) is 6.51. The van der Waals surface area contributed by atoms with Crippen LogP contribution in [0.15, 0.2) is 158 Å². The van der Waals surface area contributed by atoms with Crippen LogP contribution in [0.1, 0.15) is 5.56 Å².